The first-order chi connectivity index (χ1) is 13.1. The minimum absolute atomic E-state index is 0. The molecule has 0 saturated carbocycles. The normalized spacial score (nSPS) is 19.7. The van der Waals surface area contributed by atoms with E-state index in [9.17, 15) is 9.90 Å². The van der Waals surface area contributed by atoms with Gasteiger partial charge in [0, 0.05) is 32.6 Å². The summed E-state index contributed by atoms with van der Waals surface area (Å²) in [6.07, 6.45) is 4.55. The van der Waals surface area contributed by atoms with Crippen molar-refractivity contribution in [1.29, 1.82) is 0 Å². The molecule has 2 aliphatic heterocycles. The molecule has 2 saturated heterocycles. The average molecular weight is 446 g/mol. The van der Waals surface area contributed by atoms with Crippen LogP contribution in [0.15, 0.2) is 24.3 Å². The maximum atomic E-state index is 12.4. The van der Waals surface area contributed by atoms with Crippen molar-refractivity contribution in [2.45, 2.75) is 58.2 Å². The highest BCUT2D eigenvalue weighted by atomic mass is 35.5. The number of carbonyl (C=O) groups excluding carboxylic acids is 1. The zero-order valence-electron chi connectivity index (χ0n) is 17.4. The van der Waals surface area contributed by atoms with E-state index in [4.69, 9.17) is 0 Å². The number of hydrogen-bond acceptors (Lipinski definition) is 4. The van der Waals surface area contributed by atoms with E-state index >= 15 is 0 Å². The van der Waals surface area contributed by atoms with E-state index < -0.39 is 0 Å². The van der Waals surface area contributed by atoms with Gasteiger partial charge in [0.15, 0.2) is 0 Å². The van der Waals surface area contributed by atoms with E-state index in [0.29, 0.717) is 24.8 Å². The van der Waals surface area contributed by atoms with E-state index in [2.05, 4.69) is 40.7 Å². The van der Waals surface area contributed by atoms with Gasteiger partial charge in [0.25, 0.3) is 0 Å². The molecule has 5 nitrogen and oxygen atoms in total. The number of benzene rings is 1. The van der Waals surface area contributed by atoms with Crippen LogP contribution in [-0.4, -0.2) is 48.2 Å². The number of nitrogens with one attached hydrogen (secondary N) is 2. The van der Waals surface area contributed by atoms with Gasteiger partial charge in [-0.3, -0.25) is 9.69 Å². The molecule has 0 bridgehead atoms. The molecule has 1 amide bonds. The second kappa shape index (κ2) is 13.5. The Balaban J connectivity index is 0.00000210. The summed E-state index contributed by atoms with van der Waals surface area (Å²) in [5.74, 6) is 1.28. The van der Waals surface area contributed by atoms with Gasteiger partial charge in [0.05, 0.1) is 6.10 Å². The number of halogens is 2. The van der Waals surface area contributed by atoms with Crippen LogP contribution < -0.4 is 10.6 Å². The number of rotatable bonds is 7. The summed E-state index contributed by atoms with van der Waals surface area (Å²) >= 11 is 0. The third kappa shape index (κ3) is 8.42. The van der Waals surface area contributed by atoms with Crippen molar-refractivity contribution in [1.82, 2.24) is 15.5 Å². The van der Waals surface area contributed by atoms with Crippen molar-refractivity contribution in [3.05, 3.63) is 35.4 Å². The Morgan fingerprint density at radius 3 is 2.41 bits per heavy atom. The number of piperidine rings is 2. The molecule has 0 spiro atoms. The first-order valence-electron chi connectivity index (χ1n) is 10.6. The summed E-state index contributed by atoms with van der Waals surface area (Å²) in [5.41, 5.74) is 2.48. The number of amides is 1. The van der Waals surface area contributed by atoms with E-state index in [1.54, 1.807) is 0 Å². The third-order valence-corrected chi connectivity index (χ3v) is 6.24. The summed E-state index contributed by atoms with van der Waals surface area (Å²) in [6.45, 7) is 7.75. The van der Waals surface area contributed by atoms with Crippen molar-refractivity contribution in [3.63, 3.8) is 0 Å². The molecule has 1 aromatic rings. The smallest absolute Gasteiger partial charge is 0.220 e. The number of aliphatic hydroxyl groups excluding tert-OH is 1. The monoisotopic (exact) mass is 445 g/mol. The van der Waals surface area contributed by atoms with E-state index in [0.717, 1.165) is 45.6 Å². The van der Waals surface area contributed by atoms with Gasteiger partial charge in [-0.2, -0.15) is 0 Å². The van der Waals surface area contributed by atoms with E-state index in [1.165, 1.54) is 24.0 Å². The third-order valence-electron chi connectivity index (χ3n) is 6.24. The highest BCUT2D eigenvalue weighted by Crippen LogP contribution is 2.24. The second-order valence-electron chi connectivity index (χ2n) is 8.32. The average Bonchev–Trinajstić information content (AvgIpc) is 2.69. The van der Waals surface area contributed by atoms with Crippen LogP contribution in [0.5, 0.6) is 0 Å². The number of carbonyl (C=O) groups is 1. The van der Waals surface area contributed by atoms with Gasteiger partial charge in [0.2, 0.25) is 5.91 Å². The molecule has 7 heteroatoms. The van der Waals surface area contributed by atoms with Crippen molar-refractivity contribution in [2.24, 2.45) is 11.8 Å². The summed E-state index contributed by atoms with van der Waals surface area (Å²) in [6, 6.07) is 8.38. The summed E-state index contributed by atoms with van der Waals surface area (Å²) < 4.78 is 0. The molecule has 2 heterocycles. The lowest BCUT2D eigenvalue weighted by Gasteiger charge is -2.30. The number of hydrogen-bond donors (Lipinski definition) is 3. The van der Waals surface area contributed by atoms with Crippen LogP contribution >= 0.6 is 24.8 Å². The van der Waals surface area contributed by atoms with Crippen molar-refractivity contribution in [3.8, 4) is 0 Å². The number of likely N-dealkylation sites (tertiary alicyclic amines) is 1. The molecule has 0 aliphatic carbocycles. The van der Waals surface area contributed by atoms with Crippen LogP contribution in [0.2, 0.25) is 0 Å². The van der Waals surface area contributed by atoms with Crippen molar-refractivity contribution < 1.29 is 9.90 Å². The standard InChI is InChI=1S/C22H35N3O2.2ClH/c1-17(18-6-10-23-11-7-18)14-22(27)24-15-19-4-2-3-5-20(19)16-25-12-8-21(26)9-13-25;;/h2-5,17-18,21,23,26H,6-16H2,1H3,(H,24,27);2*1H. The van der Waals surface area contributed by atoms with Gasteiger partial charge in [-0.05, 0) is 61.7 Å². The van der Waals surface area contributed by atoms with Crippen LogP contribution in [0.1, 0.15) is 50.2 Å². The molecular weight excluding hydrogens is 409 g/mol. The van der Waals surface area contributed by atoms with Gasteiger partial charge in [-0.25, -0.2) is 0 Å². The molecule has 0 aromatic heterocycles. The molecule has 1 unspecified atom stereocenters. The molecule has 2 fully saturated rings. The van der Waals surface area contributed by atoms with Crippen molar-refractivity contribution in [2.75, 3.05) is 26.2 Å². The Kier molecular flexibility index (Phi) is 12.1. The van der Waals surface area contributed by atoms with E-state index in [1.807, 2.05) is 6.07 Å². The molecule has 3 rings (SSSR count). The van der Waals surface area contributed by atoms with Crippen LogP contribution in [0.25, 0.3) is 0 Å². The van der Waals surface area contributed by atoms with Gasteiger partial charge < -0.3 is 15.7 Å². The maximum absolute atomic E-state index is 12.4. The zero-order valence-corrected chi connectivity index (χ0v) is 19.1. The predicted molar refractivity (Wildman–Crippen MR) is 123 cm³/mol. The maximum Gasteiger partial charge on any atom is 0.220 e. The van der Waals surface area contributed by atoms with Crippen LogP contribution in [0, 0.1) is 11.8 Å². The first-order valence-corrected chi connectivity index (χ1v) is 10.6. The van der Waals surface area contributed by atoms with Gasteiger partial charge in [-0.1, -0.05) is 31.2 Å². The topological polar surface area (TPSA) is 64.6 Å². The SMILES string of the molecule is CC(CC(=O)NCc1ccccc1CN1CCC(O)CC1)C1CCNCC1.Cl.Cl. The van der Waals surface area contributed by atoms with Crippen LogP contribution in [0.4, 0.5) is 0 Å². The molecular formula is C22H37Cl2N3O2. The van der Waals surface area contributed by atoms with Gasteiger partial charge in [0.1, 0.15) is 0 Å². The highest BCUT2D eigenvalue weighted by molar-refractivity contribution is 5.85. The molecule has 3 N–H and O–H groups in total. The predicted octanol–water partition coefficient (Wildman–Crippen LogP) is 3.13. The van der Waals surface area contributed by atoms with Gasteiger partial charge in [-0.15, -0.1) is 24.8 Å². The fourth-order valence-electron chi connectivity index (χ4n) is 4.34. The molecule has 0 radical (unpaired) electrons. The summed E-state index contributed by atoms with van der Waals surface area (Å²) in [7, 11) is 0. The number of nitrogens with zero attached hydrogens (tertiary/aromatic N) is 1. The Morgan fingerprint density at radius 2 is 1.76 bits per heavy atom. The fraction of sp³-hybridized carbons (Fsp3) is 0.682. The molecule has 1 aromatic carbocycles. The van der Waals surface area contributed by atoms with Crippen LogP contribution in [0.3, 0.4) is 0 Å². The Morgan fingerprint density at radius 1 is 1.14 bits per heavy atom. The Bertz CT molecular complexity index is 603. The minimum Gasteiger partial charge on any atom is -0.393 e. The first kappa shape index (κ1) is 26.2. The molecule has 1 atom stereocenters. The summed E-state index contributed by atoms with van der Waals surface area (Å²) in [5, 5.41) is 16.2. The Hall–Kier alpha value is -0.850. The molecule has 29 heavy (non-hydrogen) atoms. The summed E-state index contributed by atoms with van der Waals surface area (Å²) in [4.78, 5) is 14.8. The molecule has 166 valence electrons. The zero-order chi connectivity index (χ0) is 19.1. The lowest BCUT2D eigenvalue weighted by Crippen LogP contribution is -2.36. The quantitative estimate of drug-likeness (QED) is 0.602. The molecule has 2 aliphatic rings. The lowest BCUT2D eigenvalue weighted by atomic mass is 9.84. The van der Waals surface area contributed by atoms with Gasteiger partial charge >= 0.3 is 0 Å². The highest BCUT2D eigenvalue weighted by Gasteiger charge is 2.22. The fourth-order valence-corrected chi connectivity index (χ4v) is 4.34. The van der Waals surface area contributed by atoms with Crippen molar-refractivity contribution >= 4 is 30.7 Å². The number of aliphatic hydroxyl groups is 1. The Labute approximate surface area is 187 Å². The second-order valence-corrected chi connectivity index (χ2v) is 8.32. The van der Waals surface area contributed by atoms with E-state index in [-0.39, 0.29) is 36.8 Å². The largest absolute Gasteiger partial charge is 0.393 e. The lowest BCUT2D eigenvalue weighted by molar-refractivity contribution is -0.122. The minimum atomic E-state index is -0.141. The van der Waals surface area contributed by atoms with Crippen LogP contribution in [-0.2, 0) is 17.9 Å².